The topological polar surface area (TPSA) is 265 Å². The molecule has 276 valence electrons. The molecule has 49 heavy (non-hydrogen) atoms. The zero-order valence-electron chi connectivity index (χ0n) is 27.1. The lowest BCUT2D eigenvalue weighted by Crippen LogP contribution is -2.69. The summed E-state index contributed by atoms with van der Waals surface area (Å²) < 4.78 is 27.1. The van der Waals surface area contributed by atoms with Gasteiger partial charge in [0.2, 0.25) is 5.78 Å². The van der Waals surface area contributed by atoms with Crippen LogP contribution < -0.4 is 5.32 Å². The highest BCUT2D eigenvalue weighted by Crippen LogP contribution is 2.69. The van der Waals surface area contributed by atoms with Gasteiger partial charge in [-0.15, -0.1) is 0 Å². The number of carbonyl (C=O) groups excluding carboxylic acids is 4. The largest absolute Gasteiger partial charge is 0.464 e. The minimum Gasteiger partial charge on any atom is -0.464 e. The number of rotatable bonds is 15. The summed E-state index contributed by atoms with van der Waals surface area (Å²) in [5.41, 5.74) is -6.98. The molecule has 18 nitrogen and oxygen atoms in total. The second-order valence-corrected chi connectivity index (χ2v) is 13.4. The van der Waals surface area contributed by atoms with Crippen molar-refractivity contribution in [1.82, 2.24) is 16.1 Å². The summed E-state index contributed by atoms with van der Waals surface area (Å²) in [6.45, 7) is 0.905. The van der Waals surface area contributed by atoms with Crippen molar-refractivity contribution in [3.8, 4) is 0 Å². The van der Waals surface area contributed by atoms with Crippen molar-refractivity contribution in [2.24, 2.45) is 22.7 Å². The number of hydrogen-bond donors (Lipinski definition) is 8. The average molecular weight is 706 g/mol. The van der Waals surface area contributed by atoms with E-state index < -0.39 is 101 Å². The van der Waals surface area contributed by atoms with E-state index in [1.165, 1.54) is 25.2 Å². The Morgan fingerprint density at radius 2 is 1.78 bits per heavy atom. The lowest BCUT2D eigenvalue weighted by atomic mass is 9.44. The van der Waals surface area contributed by atoms with Crippen molar-refractivity contribution >= 4 is 23.6 Å². The molecule has 9 atom stereocenters. The molecule has 3 fully saturated rings. The van der Waals surface area contributed by atoms with Gasteiger partial charge in [0.05, 0.1) is 29.6 Å². The zero-order valence-corrected chi connectivity index (χ0v) is 27.1. The van der Waals surface area contributed by atoms with Crippen LogP contribution in [0.15, 0.2) is 23.8 Å². The summed E-state index contributed by atoms with van der Waals surface area (Å²) in [5, 5.41) is 69.8. The van der Waals surface area contributed by atoms with Gasteiger partial charge in [0.15, 0.2) is 23.7 Å². The van der Waals surface area contributed by atoms with Crippen LogP contribution in [0.2, 0.25) is 0 Å². The van der Waals surface area contributed by atoms with E-state index in [0.29, 0.717) is 18.4 Å². The molecule has 0 bridgehead atoms. The number of esters is 1. The number of nitrogens with zero attached hydrogens (tertiary/aromatic N) is 2. The highest BCUT2D eigenvalue weighted by molar-refractivity contribution is 6.01. The molecule has 3 saturated carbocycles. The number of alkyl halides is 1. The van der Waals surface area contributed by atoms with Gasteiger partial charge >= 0.3 is 12.1 Å². The monoisotopic (exact) mass is 705 g/mol. The maximum atomic E-state index is 17.2. The van der Waals surface area contributed by atoms with Gasteiger partial charge in [0, 0.05) is 16.7 Å². The van der Waals surface area contributed by atoms with Crippen LogP contribution in [0.1, 0.15) is 58.8 Å². The van der Waals surface area contributed by atoms with Gasteiger partial charge in [-0.2, -0.15) is 0 Å². The van der Waals surface area contributed by atoms with E-state index in [0.717, 1.165) is 0 Å². The summed E-state index contributed by atoms with van der Waals surface area (Å²) in [4.78, 5) is 58.7. The fourth-order valence-corrected chi connectivity index (χ4v) is 8.33. The third-order valence-corrected chi connectivity index (χ3v) is 10.8. The summed E-state index contributed by atoms with van der Waals surface area (Å²) in [6.07, 6.45) is -0.702. The van der Waals surface area contributed by atoms with Crippen molar-refractivity contribution in [3.63, 3.8) is 0 Å². The fourth-order valence-electron chi connectivity index (χ4n) is 8.33. The Morgan fingerprint density at radius 3 is 2.45 bits per heavy atom. The van der Waals surface area contributed by atoms with Crippen LogP contribution in [0.4, 0.5) is 9.18 Å². The number of ketones is 2. The number of carbonyl (C=O) groups is 4. The normalized spacial score (nSPS) is 35.7. The first-order chi connectivity index (χ1) is 22.9. The second-order valence-electron chi connectivity index (χ2n) is 13.4. The fraction of sp³-hybridized carbons (Fsp3) is 0.733. The van der Waals surface area contributed by atoms with E-state index >= 15 is 4.39 Å². The molecular weight excluding hydrogens is 661 g/mol. The number of unbranched alkanes of at least 4 members (excludes halogenated alkanes) is 1. The van der Waals surface area contributed by atoms with Crippen LogP contribution >= 0.6 is 0 Å². The third-order valence-electron chi connectivity index (χ3n) is 10.8. The SMILES string of the molecule is C[C@]12C=CC(=O)C=C1CC[C@H]1[C@@H]3C[C@@H](O)[C@](O)(C(=O)COC(=O)NCC(=O)OCCCCC(CON(O)O)ON(O)O)[C@@]3(C)C[C@H](O)[C@@]12F. The Balaban J connectivity index is 1.26. The molecular formula is C30H44FN3O15. The van der Waals surface area contributed by atoms with E-state index in [1.807, 2.05) is 0 Å². The number of alkyl carbamates (subject to hydrolysis) is 1. The van der Waals surface area contributed by atoms with Gasteiger partial charge < -0.3 is 30.1 Å². The van der Waals surface area contributed by atoms with E-state index in [4.69, 9.17) is 30.3 Å². The number of aliphatic hydroxyl groups excluding tert-OH is 2. The van der Waals surface area contributed by atoms with Crippen molar-refractivity contribution < 1.29 is 78.9 Å². The van der Waals surface area contributed by atoms with Gasteiger partial charge in [0.25, 0.3) is 0 Å². The first kappa shape index (κ1) is 38.8. The molecule has 0 aromatic rings. The molecule has 19 heteroatoms. The molecule has 0 saturated heterocycles. The highest BCUT2D eigenvalue weighted by atomic mass is 19.1. The first-order valence-corrected chi connectivity index (χ1v) is 15.9. The molecule has 0 heterocycles. The first-order valence-electron chi connectivity index (χ1n) is 15.9. The quantitative estimate of drug-likeness (QED) is 0.0653. The zero-order chi connectivity index (χ0) is 36.4. The smallest absolute Gasteiger partial charge is 0.408 e. The number of amides is 1. The molecule has 1 unspecified atom stereocenters. The predicted octanol–water partition coefficient (Wildman–Crippen LogP) is 0.461. The van der Waals surface area contributed by atoms with Gasteiger partial charge in [-0.3, -0.25) is 35.2 Å². The number of ether oxygens (including phenoxy) is 2. The average Bonchev–Trinajstić information content (AvgIpc) is 3.23. The van der Waals surface area contributed by atoms with Gasteiger partial charge in [-0.25, -0.2) is 18.9 Å². The number of nitrogens with one attached hydrogen (secondary N) is 1. The molecule has 4 aliphatic rings. The minimum atomic E-state index is -2.49. The number of Topliss-reactive ketones (excluding diaryl/α,β-unsaturated/α-hetero) is 1. The number of hydrogen-bond acceptors (Lipinski definition) is 17. The Bertz CT molecular complexity index is 1330. The van der Waals surface area contributed by atoms with Crippen LogP contribution in [0.3, 0.4) is 0 Å². The van der Waals surface area contributed by atoms with Crippen molar-refractivity contribution in [2.75, 3.05) is 26.4 Å². The van der Waals surface area contributed by atoms with Crippen molar-refractivity contribution in [2.45, 2.75) is 88.4 Å². The van der Waals surface area contributed by atoms with Crippen LogP contribution in [0.25, 0.3) is 0 Å². The predicted molar refractivity (Wildman–Crippen MR) is 156 cm³/mol. The lowest BCUT2D eigenvalue weighted by molar-refractivity contribution is -0.527. The van der Waals surface area contributed by atoms with Crippen LogP contribution in [-0.2, 0) is 33.5 Å². The second kappa shape index (κ2) is 15.1. The molecule has 0 aromatic heterocycles. The standard InChI is InChI=1S/C30H44FN3O15/c1-27-9-8-18(35)11-17(27)6-7-20-21-12-22(36)30(41,28(21,2)13-23(37)29(20,27)31)24(38)16-47-26(40)32-14-25(39)46-10-4-3-5-19(49-34(44)45)15-48-33(42)43/h8-9,11,19-23,36-37,41-45H,3-7,10,12-16H2,1-2H3,(H,32,40)/t19?,20-,21-,22+,23-,27-,28-,29-,30-/m0/s1. The Kier molecular flexibility index (Phi) is 12.0. The number of fused-ring (bicyclic) bond motifs is 5. The lowest BCUT2D eigenvalue weighted by Gasteiger charge is -2.62. The van der Waals surface area contributed by atoms with E-state index in [9.17, 15) is 34.5 Å². The molecule has 0 aliphatic heterocycles. The summed E-state index contributed by atoms with van der Waals surface area (Å²) in [7, 11) is 0. The van der Waals surface area contributed by atoms with E-state index in [1.54, 1.807) is 6.92 Å². The molecule has 0 aromatic carbocycles. The molecule has 0 spiro atoms. The maximum absolute atomic E-state index is 17.2. The Morgan fingerprint density at radius 1 is 1.06 bits per heavy atom. The highest BCUT2D eigenvalue weighted by Gasteiger charge is 2.76. The summed E-state index contributed by atoms with van der Waals surface area (Å²) >= 11 is 0. The van der Waals surface area contributed by atoms with Crippen LogP contribution in [-0.4, -0.2) is 127 Å². The van der Waals surface area contributed by atoms with Crippen LogP contribution in [0.5, 0.6) is 0 Å². The molecule has 8 N–H and O–H groups in total. The minimum absolute atomic E-state index is 0.113. The Hall–Kier alpha value is -2.95. The number of aliphatic hydroxyl groups is 3. The Labute approximate surface area is 280 Å². The van der Waals surface area contributed by atoms with Crippen molar-refractivity contribution in [3.05, 3.63) is 23.8 Å². The molecule has 1 amide bonds. The molecule has 4 aliphatic carbocycles. The number of allylic oxidation sites excluding steroid dienone is 4. The third kappa shape index (κ3) is 7.42. The summed E-state index contributed by atoms with van der Waals surface area (Å²) in [6, 6.07) is 0. The van der Waals surface area contributed by atoms with Gasteiger partial charge in [-0.1, -0.05) is 18.6 Å². The molecule has 4 rings (SSSR count). The van der Waals surface area contributed by atoms with Gasteiger partial charge in [-0.05, 0) is 69.9 Å². The maximum Gasteiger partial charge on any atom is 0.408 e. The molecule has 0 radical (unpaired) electrons. The van der Waals surface area contributed by atoms with Gasteiger partial charge in [0.1, 0.15) is 19.3 Å². The van der Waals surface area contributed by atoms with E-state index in [2.05, 4.69) is 15.0 Å². The van der Waals surface area contributed by atoms with Crippen LogP contribution in [0, 0.1) is 22.7 Å². The number of halogens is 1. The summed E-state index contributed by atoms with van der Waals surface area (Å²) in [5.74, 6) is -3.81. The van der Waals surface area contributed by atoms with Crippen molar-refractivity contribution in [1.29, 1.82) is 0 Å². The van der Waals surface area contributed by atoms with E-state index in [-0.39, 0.29) is 44.5 Å².